The van der Waals surface area contributed by atoms with Crippen molar-refractivity contribution >= 4 is 11.4 Å². The lowest BCUT2D eigenvalue weighted by atomic mass is 10.1. The molecule has 0 aliphatic carbocycles. The molecule has 0 atom stereocenters. The minimum atomic E-state index is -0.983. The Morgan fingerprint density at radius 2 is 2.00 bits per heavy atom. The molecular formula is C11H12F2N2O3. The molecule has 18 heavy (non-hydrogen) atoms. The lowest BCUT2D eigenvalue weighted by Crippen LogP contribution is -2.37. The van der Waals surface area contributed by atoms with Crippen molar-refractivity contribution in [1.82, 2.24) is 0 Å². The normalized spacial score (nSPS) is 15.8. The zero-order valence-electron chi connectivity index (χ0n) is 9.78. The summed E-state index contributed by atoms with van der Waals surface area (Å²) < 4.78 is 32.8. The Morgan fingerprint density at radius 1 is 1.39 bits per heavy atom. The van der Waals surface area contributed by atoms with Gasteiger partial charge < -0.3 is 9.64 Å². The predicted octanol–water partition coefficient (Wildman–Crippen LogP) is 2.02. The van der Waals surface area contributed by atoms with Crippen molar-refractivity contribution in [3.8, 4) is 0 Å². The molecule has 0 bridgehead atoms. The van der Waals surface area contributed by atoms with E-state index in [4.69, 9.17) is 4.74 Å². The van der Waals surface area contributed by atoms with Crippen LogP contribution in [0.1, 0.15) is 5.56 Å². The molecule has 1 aromatic carbocycles. The first-order valence-electron chi connectivity index (χ1n) is 5.48. The fraction of sp³-hybridized carbons (Fsp3) is 0.455. The maximum absolute atomic E-state index is 13.9. The summed E-state index contributed by atoms with van der Waals surface area (Å²) in [6, 6.07) is 0.632. The summed E-state index contributed by atoms with van der Waals surface area (Å²) in [7, 11) is 0. The Kier molecular flexibility index (Phi) is 3.42. The fourth-order valence-corrected chi connectivity index (χ4v) is 2.03. The van der Waals surface area contributed by atoms with Gasteiger partial charge in [0.15, 0.2) is 5.82 Å². The van der Waals surface area contributed by atoms with Crippen molar-refractivity contribution in [2.75, 3.05) is 31.2 Å². The van der Waals surface area contributed by atoms with E-state index < -0.39 is 22.2 Å². The third-order valence-corrected chi connectivity index (χ3v) is 2.92. The molecule has 1 saturated heterocycles. The minimum absolute atomic E-state index is 0.0383. The minimum Gasteiger partial charge on any atom is -0.378 e. The van der Waals surface area contributed by atoms with Crippen LogP contribution in [0.15, 0.2) is 6.07 Å². The summed E-state index contributed by atoms with van der Waals surface area (Å²) in [6.45, 7) is 3.08. The van der Waals surface area contributed by atoms with Crippen molar-refractivity contribution in [2.24, 2.45) is 0 Å². The first-order chi connectivity index (χ1) is 8.52. The summed E-state index contributed by atoms with van der Waals surface area (Å²) >= 11 is 0. The van der Waals surface area contributed by atoms with E-state index in [1.165, 1.54) is 6.92 Å². The molecule has 0 spiro atoms. The molecule has 0 unspecified atom stereocenters. The summed E-state index contributed by atoms with van der Waals surface area (Å²) in [4.78, 5) is 11.3. The molecule has 2 rings (SSSR count). The largest absolute Gasteiger partial charge is 0.378 e. The van der Waals surface area contributed by atoms with Gasteiger partial charge in [0.2, 0.25) is 5.82 Å². The lowest BCUT2D eigenvalue weighted by molar-refractivity contribution is -0.387. The lowest BCUT2D eigenvalue weighted by Gasteiger charge is -2.30. The van der Waals surface area contributed by atoms with Gasteiger partial charge in [0.25, 0.3) is 0 Å². The van der Waals surface area contributed by atoms with Gasteiger partial charge in [-0.1, -0.05) is 0 Å². The number of ether oxygens (including phenoxy) is 1. The van der Waals surface area contributed by atoms with Gasteiger partial charge in [-0.25, -0.2) is 4.39 Å². The maximum Gasteiger partial charge on any atom is 0.308 e. The number of nitro benzene ring substituents is 1. The number of anilines is 1. The number of nitro groups is 1. The highest BCUT2D eigenvalue weighted by molar-refractivity contribution is 5.59. The first-order valence-corrected chi connectivity index (χ1v) is 5.48. The number of rotatable bonds is 2. The number of hydrogen-bond donors (Lipinski definition) is 0. The SMILES string of the molecule is Cc1c(F)c([N+](=O)[O-])cc(F)c1N1CCOCC1. The van der Waals surface area contributed by atoms with Crippen molar-refractivity contribution in [3.63, 3.8) is 0 Å². The van der Waals surface area contributed by atoms with Crippen LogP contribution < -0.4 is 4.90 Å². The fourth-order valence-electron chi connectivity index (χ4n) is 2.03. The van der Waals surface area contributed by atoms with Crippen LogP contribution in [0.4, 0.5) is 20.2 Å². The van der Waals surface area contributed by atoms with Crippen LogP contribution in [0.25, 0.3) is 0 Å². The van der Waals surface area contributed by atoms with Crippen LogP contribution in [0.2, 0.25) is 0 Å². The van der Waals surface area contributed by atoms with E-state index in [2.05, 4.69) is 0 Å². The highest BCUT2D eigenvalue weighted by Gasteiger charge is 2.26. The summed E-state index contributed by atoms with van der Waals surface area (Å²) in [5.41, 5.74) is -0.785. The average Bonchev–Trinajstić information content (AvgIpc) is 2.35. The van der Waals surface area contributed by atoms with Gasteiger partial charge in [0.05, 0.1) is 29.9 Å². The Balaban J connectivity index is 2.48. The van der Waals surface area contributed by atoms with Crippen LogP contribution in [-0.2, 0) is 4.74 Å². The molecule has 0 radical (unpaired) electrons. The standard InChI is InChI=1S/C11H12F2N2O3/c1-7-10(13)9(15(16)17)6-8(12)11(7)14-2-4-18-5-3-14/h6H,2-5H2,1H3. The Morgan fingerprint density at radius 3 is 2.56 bits per heavy atom. The second kappa shape index (κ2) is 4.85. The molecule has 1 heterocycles. The molecule has 0 amide bonds. The van der Waals surface area contributed by atoms with E-state index in [0.717, 1.165) is 0 Å². The Labute approximate surface area is 102 Å². The highest BCUT2D eigenvalue weighted by atomic mass is 19.1. The summed E-state index contributed by atoms with van der Waals surface area (Å²) in [5, 5.41) is 10.6. The van der Waals surface area contributed by atoms with Crippen LogP contribution in [0, 0.1) is 28.7 Å². The number of halogens is 2. The van der Waals surface area contributed by atoms with Crippen LogP contribution in [-0.4, -0.2) is 31.2 Å². The van der Waals surface area contributed by atoms with Gasteiger partial charge in [0, 0.05) is 18.7 Å². The zero-order valence-corrected chi connectivity index (χ0v) is 9.78. The maximum atomic E-state index is 13.9. The summed E-state index contributed by atoms with van der Waals surface area (Å²) in [6.07, 6.45) is 0. The molecule has 7 heteroatoms. The molecule has 0 saturated carbocycles. The molecule has 1 fully saturated rings. The second-order valence-corrected chi connectivity index (χ2v) is 4.02. The van der Waals surface area contributed by atoms with E-state index in [-0.39, 0.29) is 11.3 Å². The van der Waals surface area contributed by atoms with Crippen molar-refractivity contribution < 1.29 is 18.4 Å². The van der Waals surface area contributed by atoms with Crippen LogP contribution in [0.5, 0.6) is 0 Å². The molecule has 0 aromatic heterocycles. The smallest absolute Gasteiger partial charge is 0.308 e. The van der Waals surface area contributed by atoms with E-state index in [0.29, 0.717) is 32.4 Å². The molecule has 1 aliphatic rings. The molecular weight excluding hydrogens is 246 g/mol. The first kappa shape index (κ1) is 12.7. The zero-order chi connectivity index (χ0) is 13.3. The van der Waals surface area contributed by atoms with Gasteiger partial charge in [-0.05, 0) is 6.92 Å². The van der Waals surface area contributed by atoms with E-state index in [1.807, 2.05) is 0 Å². The third kappa shape index (κ3) is 2.13. The van der Waals surface area contributed by atoms with E-state index >= 15 is 0 Å². The summed E-state index contributed by atoms with van der Waals surface area (Å²) in [5.74, 6) is -1.76. The van der Waals surface area contributed by atoms with E-state index in [9.17, 15) is 18.9 Å². The quantitative estimate of drug-likeness (QED) is 0.601. The Hall–Kier alpha value is -1.76. The second-order valence-electron chi connectivity index (χ2n) is 4.02. The Bertz CT molecular complexity index is 488. The van der Waals surface area contributed by atoms with E-state index in [1.54, 1.807) is 4.90 Å². The molecule has 5 nitrogen and oxygen atoms in total. The van der Waals surface area contributed by atoms with Gasteiger partial charge >= 0.3 is 5.69 Å². The highest BCUT2D eigenvalue weighted by Crippen LogP contribution is 2.32. The van der Waals surface area contributed by atoms with Gasteiger partial charge in [-0.3, -0.25) is 10.1 Å². The molecule has 1 aromatic rings. The topological polar surface area (TPSA) is 55.6 Å². The average molecular weight is 258 g/mol. The molecule has 1 aliphatic heterocycles. The van der Waals surface area contributed by atoms with Crippen LogP contribution >= 0.6 is 0 Å². The number of morpholine rings is 1. The van der Waals surface area contributed by atoms with Crippen molar-refractivity contribution in [1.29, 1.82) is 0 Å². The number of hydrogen-bond acceptors (Lipinski definition) is 4. The van der Waals surface area contributed by atoms with Gasteiger partial charge in [-0.2, -0.15) is 4.39 Å². The third-order valence-electron chi connectivity index (χ3n) is 2.92. The molecule has 0 N–H and O–H groups in total. The number of benzene rings is 1. The van der Waals surface area contributed by atoms with Gasteiger partial charge in [-0.15, -0.1) is 0 Å². The monoisotopic (exact) mass is 258 g/mol. The predicted molar refractivity (Wildman–Crippen MR) is 60.8 cm³/mol. The van der Waals surface area contributed by atoms with Crippen molar-refractivity contribution in [3.05, 3.63) is 33.4 Å². The van der Waals surface area contributed by atoms with Crippen LogP contribution in [0.3, 0.4) is 0 Å². The molecule has 98 valence electrons. The number of nitrogens with zero attached hydrogens (tertiary/aromatic N) is 2. The van der Waals surface area contributed by atoms with Crippen molar-refractivity contribution in [2.45, 2.75) is 6.92 Å². The van der Waals surface area contributed by atoms with Gasteiger partial charge in [0.1, 0.15) is 0 Å².